The molecule has 5 nitrogen and oxygen atoms in total. The number of aromatic nitrogens is 3. The molecule has 96 valence electrons. The van der Waals surface area contributed by atoms with Gasteiger partial charge in [-0.25, -0.2) is 13.8 Å². The molecule has 3 N–H and O–H groups in total. The molecule has 0 radical (unpaired) electrons. The molecule has 2 heterocycles. The van der Waals surface area contributed by atoms with Gasteiger partial charge in [-0.3, -0.25) is 4.68 Å². The minimum absolute atomic E-state index is 0.0330. The van der Waals surface area contributed by atoms with Gasteiger partial charge < -0.3 is 11.1 Å². The Labute approximate surface area is 103 Å². The minimum atomic E-state index is -0.852. The van der Waals surface area contributed by atoms with Crippen LogP contribution < -0.4 is 11.1 Å². The minimum Gasteiger partial charge on any atom is -0.381 e. The van der Waals surface area contributed by atoms with Gasteiger partial charge >= 0.3 is 0 Å². The third-order valence-corrected chi connectivity index (χ3v) is 2.37. The smallest absolute Gasteiger partial charge is 0.168 e. The number of nitrogens with one attached hydrogen (secondary N) is 1. The summed E-state index contributed by atoms with van der Waals surface area (Å²) in [6.45, 7) is 1.20. The van der Waals surface area contributed by atoms with E-state index in [0.29, 0.717) is 13.1 Å². The number of aryl methyl sites for hydroxylation is 1. The summed E-state index contributed by atoms with van der Waals surface area (Å²) in [4.78, 5) is 3.60. The zero-order chi connectivity index (χ0) is 13.0. The maximum atomic E-state index is 13.3. The molecular formula is C11H13F2N5. The van der Waals surface area contributed by atoms with Gasteiger partial charge in [0.15, 0.2) is 23.3 Å². The average Bonchev–Trinajstić information content (AvgIpc) is 2.84. The first-order chi connectivity index (χ1) is 8.66. The molecule has 18 heavy (non-hydrogen) atoms. The van der Waals surface area contributed by atoms with Crippen LogP contribution in [0.15, 0.2) is 24.5 Å². The van der Waals surface area contributed by atoms with Crippen molar-refractivity contribution in [2.75, 3.05) is 17.6 Å². The van der Waals surface area contributed by atoms with Crippen LogP contribution in [0, 0.1) is 11.6 Å². The van der Waals surface area contributed by atoms with E-state index in [1.165, 1.54) is 0 Å². The molecule has 2 rings (SSSR count). The normalized spacial score (nSPS) is 10.6. The van der Waals surface area contributed by atoms with Gasteiger partial charge in [0.1, 0.15) is 0 Å². The fourth-order valence-electron chi connectivity index (χ4n) is 1.49. The van der Waals surface area contributed by atoms with Crippen molar-refractivity contribution in [1.82, 2.24) is 14.8 Å². The van der Waals surface area contributed by atoms with E-state index in [9.17, 15) is 8.78 Å². The predicted octanol–water partition coefficient (Wildman–Crippen LogP) is 1.64. The molecule has 0 aliphatic heterocycles. The standard InChI is InChI=1S/C11H13F2N5/c12-8-7-9(13)11(17-10(8)14)15-3-1-5-18-6-2-4-16-18/h2,4,6-7H,1,3,5H2,(H3,14,15,17). The summed E-state index contributed by atoms with van der Waals surface area (Å²) >= 11 is 0. The molecule has 7 heteroatoms. The first-order valence-corrected chi connectivity index (χ1v) is 5.49. The second-order valence-corrected chi connectivity index (χ2v) is 3.74. The third-order valence-electron chi connectivity index (χ3n) is 2.37. The highest BCUT2D eigenvalue weighted by atomic mass is 19.1. The molecule has 0 unspecified atom stereocenters. The number of hydrogen-bond acceptors (Lipinski definition) is 4. The monoisotopic (exact) mass is 253 g/mol. The molecule has 0 aliphatic rings. The number of nitrogen functional groups attached to an aromatic ring is 1. The van der Waals surface area contributed by atoms with Crippen molar-refractivity contribution in [3.63, 3.8) is 0 Å². The van der Waals surface area contributed by atoms with E-state index < -0.39 is 11.6 Å². The number of nitrogens with two attached hydrogens (primary N) is 1. The summed E-state index contributed by atoms with van der Waals surface area (Å²) in [5.41, 5.74) is 5.26. The van der Waals surface area contributed by atoms with Crippen molar-refractivity contribution in [2.45, 2.75) is 13.0 Å². The maximum absolute atomic E-state index is 13.3. The number of nitrogens with zero attached hydrogens (tertiary/aromatic N) is 3. The molecule has 0 fully saturated rings. The van der Waals surface area contributed by atoms with Gasteiger partial charge in [0.25, 0.3) is 0 Å². The second kappa shape index (κ2) is 5.44. The Bertz CT molecular complexity index is 512. The molecular weight excluding hydrogens is 240 g/mol. The van der Waals surface area contributed by atoms with Gasteiger partial charge in [0.05, 0.1) is 0 Å². The lowest BCUT2D eigenvalue weighted by Gasteiger charge is -2.07. The zero-order valence-corrected chi connectivity index (χ0v) is 9.61. The average molecular weight is 253 g/mol. The molecule has 0 spiro atoms. The zero-order valence-electron chi connectivity index (χ0n) is 9.61. The van der Waals surface area contributed by atoms with Gasteiger partial charge in [0.2, 0.25) is 0 Å². The Morgan fingerprint density at radius 1 is 1.33 bits per heavy atom. The van der Waals surface area contributed by atoms with E-state index in [2.05, 4.69) is 15.4 Å². The quantitative estimate of drug-likeness (QED) is 0.795. The number of pyridine rings is 1. The van der Waals surface area contributed by atoms with Crippen molar-refractivity contribution in [1.29, 1.82) is 0 Å². The van der Waals surface area contributed by atoms with Crippen molar-refractivity contribution >= 4 is 11.6 Å². The summed E-state index contributed by atoms with van der Waals surface area (Å²) in [6, 6.07) is 2.55. The van der Waals surface area contributed by atoms with Gasteiger partial charge in [-0.2, -0.15) is 5.10 Å². The van der Waals surface area contributed by atoms with E-state index in [0.717, 1.165) is 12.5 Å². The summed E-state index contributed by atoms with van der Waals surface area (Å²) in [5, 5.41) is 6.80. The Morgan fingerprint density at radius 3 is 2.89 bits per heavy atom. The van der Waals surface area contributed by atoms with Crippen molar-refractivity contribution < 1.29 is 8.78 Å². The first-order valence-electron chi connectivity index (χ1n) is 5.49. The van der Waals surface area contributed by atoms with Gasteiger partial charge in [-0.15, -0.1) is 0 Å². The fourth-order valence-corrected chi connectivity index (χ4v) is 1.49. The topological polar surface area (TPSA) is 68.8 Å². The van der Waals surface area contributed by atoms with Gasteiger partial charge in [-0.1, -0.05) is 0 Å². The van der Waals surface area contributed by atoms with Crippen molar-refractivity contribution in [2.24, 2.45) is 0 Å². The van der Waals surface area contributed by atoms with Gasteiger partial charge in [0, 0.05) is 31.5 Å². The Hall–Kier alpha value is -2.18. The van der Waals surface area contributed by atoms with E-state index >= 15 is 0 Å². The van der Waals surface area contributed by atoms with E-state index in [1.807, 2.05) is 12.3 Å². The summed E-state index contributed by atoms with van der Waals surface area (Å²) in [6.07, 6.45) is 4.27. The Morgan fingerprint density at radius 2 is 2.17 bits per heavy atom. The molecule has 2 aromatic heterocycles. The predicted molar refractivity (Wildman–Crippen MR) is 63.9 cm³/mol. The SMILES string of the molecule is Nc1nc(NCCCn2cccn2)c(F)cc1F. The van der Waals surface area contributed by atoms with Crippen LogP contribution in [0.3, 0.4) is 0 Å². The Kier molecular flexibility index (Phi) is 3.71. The number of anilines is 2. The highest BCUT2D eigenvalue weighted by molar-refractivity contribution is 5.44. The first kappa shape index (κ1) is 12.3. The van der Waals surface area contributed by atoms with Crippen LogP contribution in [0.1, 0.15) is 6.42 Å². The molecule has 0 aliphatic carbocycles. The van der Waals surface area contributed by atoms with Crippen LogP contribution in [-0.4, -0.2) is 21.3 Å². The van der Waals surface area contributed by atoms with Crippen LogP contribution in [-0.2, 0) is 6.54 Å². The number of rotatable bonds is 5. The van der Waals surface area contributed by atoms with Crippen LogP contribution in [0.2, 0.25) is 0 Å². The Balaban J connectivity index is 1.85. The lowest BCUT2D eigenvalue weighted by molar-refractivity contribution is 0.573. The number of halogens is 2. The lowest BCUT2D eigenvalue weighted by atomic mass is 10.3. The largest absolute Gasteiger partial charge is 0.381 e. The summed E-state index contributed by atoms with van der Waals surface area (Å²) in [7, 11) is 0. The van der Waals surface area contributed by atoms with Crippen molar-refractivity contribution in [3.05, 3.63) is 36.2 Å². The molecule has 0 saturated carbocycles. The van der Waals surface area contributed by atoms with Gasteiger partial charge in [-0.05, 0) is 12.5 Å². The van der Waals surface area contributed by atoms with Crippen molar-refractivity contribution in [3.8, 4) is 0 Å². The molecule has 0 amide bonds. The van der Waals surface area contributed by atoms with E-state index in [-0.39, 0.29) is 11.6 Å². The summed E-state index contributed by atoms with van der Waals surface area (Å²) in [5.74, 6) is -1.95. The highest BCUT2D eigenvalue weighted by Gasteiger charge is 2.08. The lowest BCUT2D eigenvalue weighted by Crippen LogP contribution is -2.10. The van der Waals surface area contributed by atoms with Crippen LogP contribution in [0.5, 0.6) is 0 Å². The second-order valence-electron chi connectivity index (χ2n) is 3.74. The van der Waals surface area contributed by atoms with E-state index in [1.54, 1.807) is 10.9 Å². The fraction of sp³-hybridized carbons (Fsp3) is 0.273. The molecule has 0 aromatic carbocycles. The highest BCUT2D eigenvalue weighted by Crippen LogP contribution is 2.16. The summed E-state index contributed by atoms with van der Waals surface area (Å²) < 4.78 is 27.9. The van der Waals surface area contributed by atoms with E-state index in [4.69, 9.17) is 5.73 Å². The molecule has 0 atom stereocenters. The third kappa shape index (κ3) is 2.93. The maximum Gasteiger partial charge on any atom is 0.168 e. The van der Waals surface area contributed by atoms with Crippen LogP contribution in [0.4, 0.5) is 20.4 Å². The van der Waals surface area contributed by atoms with Crippen LogP contribution >= 0.6 is 0 Å². The molecule has 0 bridgehead atoms. The molecule has 0 saturated heterocycles. The molecule has 2 aromatic rings. The van der Waals surface area contributed by atoms with Crippen LogP contribution in [0.25, 0.3) is 0 Å². The number of hydrogen-bond donors (Lipinski definition) is 2.